The largest absolute Gasteiger partial charge is 0.475 e. The Bertz CT molecular complexity index is 2750. The van der Waals surface area contributed by atoms with Crippen LogP contribution in [0.4, 0.5) is 16.0 Å². The topological polar surface area (TPSA) is 346 Å². The SMILES string of the molecule is CCCCCCCCCCCCCCCCOC[C@H](COP(=O)(OC[C@H]1O[C@@](C#N)(c2ccc3c(N)ncnn23)[C@H](O)[C@@H]1O)OC[C@H]1O[C@@](C#N)(c2ccc3c(N)ncnn23)[C@H](O)[C@@H]1O)OCc1ccc(C#N)cc1F. The zero-order valence-electron chi connectivity index (χ0n) is 42.4. The number of nitrogen functional groups attached to an aromatic ring is 2. The van der Waals surface area contributed by atoms with E-state index in [2.05, 4.69) is 27.1 Å². The van der Waals surface area contributed by atoms with Crippen molar-refractivity contribution in [1.82, 2.24) is 29.2 Å². The molecule has 0 bridgehead atoms. The summed E-state index contributed by atoms with van der Waals surface area (Å²) in [6.45, 7) is -0.220. The number of nitrogens with zero attached hydrogens (tertiary/aromatic N) is 9. The number of aliphatic hydroxyl groups is 4. The van der Waals surface area contributed by atoms with E-state index in [1.54, 1.807) is 0 Å². The molecule has 9 atom stereocenters. The molecule has 0 radical (unpaired) electrons. The van der Waals surface area contributed by atoms with Crippen LogP contribution >= 0.6 is 7.82 Å². The van der Waals surface area contributed by atoms with Crippen LogP contribution in [-0.4, -0.2) is 125 Å². The Kier molecular flexibility index (Phi) is 20.6. The zero-order chi connectivity index (χ0) is 54.3. The van der Waals surface area contributed by atoms with Crippen molar-refractivity contribution in [3.63, 3.8) is 0 Å². The van der Waals surface area contributed by atoms with Gasteiger partial charge in [-0.15, -0.1) is 0 Å². The standard InChI is InChI=1S/C51H67FN11O12P/c1-2-3-4-5-6-7-8-9-10-11-12-13-14-15-22-69-26-36(70-25-35-17-16-34(24-53)23-37(35)52)27-71-76(68,72-28-40-44(64)46(66)50(30-54,74-40)42-20-18-38-48(56)58-32-60-62(38)42)73-29-41-45(65)47(67)51(31-55,75-41)43-21-19-39-49(57)59-33-61-63(39)43/h16-21,23,32-33,36,40-41,44-47,64-67H,2-15,22,25-29H2,1H3,(H2,56,58,60)(H2,57,59,61)/t36-,40-,41-,44-,45-,46-,47-,50+,51+/m1/s1. The second-order valence-corrected chi connectivity index (χ2v) is 20.7. The van der Waals surface area contributed by atoms with Gasteiger partial charge in [0.2, 0.25) is 11.2 Å². The second kappa shape index (κ2) is 27.0. The molecule has 5 aromatic rings. The summed E-state index contributed by atoms with van der Waals surface area (Å²) < 4.78 is 74.0. The Balaban J connectivity index is 1.04. The van der Waals surface area contributed by atoms with Crippen molar-refractivity contribution in [2.45, 2.75) is 157 Å². The number of hydrogen-bond donors (Lipinski definition) is 6. The molecule has 2 aliphatic heterocycles. The number of hydrogen-bond acceptors (Lipinski definition) is 21. The van der Waals surface area contributed by atoms with E-state index < -0.39 is 87.4 Å². The minimum absolute atomic E-state index is 0.0200. The molecule has 0 spiro atoms. The second-order valence-electron chi connectivity index (χ2n) is 19.1. The molecule has 0 aliphatic carbocycles. The van der Waals surface area contributed by atoms with Gasteiger partial charge in [-0.2, -0.15) is 26.0 Å². The van der Waals surface area contributed by atoms with E-state index >= 15 is 4.39 Å². The first-order chi connectivity index (χ1) is 36.7. The van der Waals surface area contributed by atoms with E-state index in [4.69, 9.17) is 44.0 Å². The van der Waals surface area contributed by atoms with Crippen LogP contribution in [0.15, 0.2) is 55.1 Å². The third-order valence-electron chi connectivity index (χ3n) is 13.8. The summed E-state index contributed by atoms with van der Waals surface area (Å²) in [5.74, 6) is -0.596. The smallest absolute Gasteiger partial charge is 0.387 e. The highest BCUT2D eigenvalue weighted by atomic mass is 31.2. The highest BCUT2D eigenvalue weighted by Gasteiger charge is 2.59. The number of nitrogens with two attached hydrogens (primary N) is 2. The molecule has 25 heteroatoms. The summed E-state index contributed by atoms with van der Waals surface area (Å²) in [6.07, 6.45) is 6.98. The summed E-state index contributed by atoms with van der Waals surface area (Å²) in [5, 5.41) is 84.0. The highest BCUT2D eigenvalue weighted by Crippen LogP contribution is 2.52. The molecule has 410 valence electrons. The van der Waals surface area contributed by atoms with Crippen molar-refractivity contribution >= 4 is 30.5 Å². The van der Waals surface area contributed by atoms with Crippen LogP contribution in [0.1, 0.15) is 119 Å². The van der Waals surface area contributed by atoms with E-state index in [-0.39, 0.29) is 58.4 Å². The van der Waals surface area contributed by atoms with Gasteiger partial charge in [0.1, 0.15) is 84.4 Å². The van der Waals surface area contributed by atoms with Crippen LogP contribution < -0.4 is 11.5 Å². The molecule has 0 unspecified atom stereocenters. The maximum atomic E-state index is 15.1. The molecule has 6 heterocycles. The lowest BCUT2D eigenvalue weighted by Gasteiger charge is -2.26. The van der Waals surface area contributed by atoms with E-state index in [1.165, 1.54) is 110 Å². The summed E-state index contributed by atoms with van der Waals surface area (Å²) >= 11 is 0. The van der Waals surface area contributed by atoms with Crippen molar-refractivity contribution in [2.24, 2.45) is 0 Å². The minimum atomic E-state index is -5.02. The van der Waals surface area contributed by atoms with Gasteiger partial charge in [0, 0.05) is 12.2 Å². The van der Waals surface area contributed by atoms with Gasteiger partial charge in [0.05, 0.1) is 56.1 Å². The third kappa shape index (κ3) is 13.3. The van der Waals surface area contributed by atoms with Crippen LogP contribution in [0.25, 0.3) is 11.0 Å². The number of ether oxygens (including phenoxy) is 4. The van der Waals surface area contributed by atoms with E-state index in [1.807, 2.05) is 18.2 Å². The molecule has 0 amide bonds. The van der Waals surface area contributed by atoms with Crippen LogP contribution in [-0.2, 0) is 54.9 Å². The van der Waals surface area contributed by atoms with Crippen molar-refractivity contribution < 1.29 is 61.9 Å². The van der Waals surface area contributed by atoms with Crippen molar-refractivity contribution in [3.8, 4) is 18.2 Å². The highest BCUT2D eigenvalue weighted by molar-refractivity contribution is 7.48. The first-order valence-corrected chi connectivity index (χ1v) is 27.2. The Morgan fingerprint density at radius 3 is 1.66 bits per heavy atom. The van der Waals surface area contributed by atoms with E-state index in [9.17, 15) is 40.8 Å². The third-order valence-corrected chi connectivity index (χ3v) is 15.2. The van der Waals surface area contributed by atoms with Crippen LogP contribution in [0.5, 0.6) is 0 Å². The van der Waals surface area contributed by atoms with E-state index in [0.717, 1.165) is 44.4 Å². The van der Waals surface area contributed by atoms with Crippen molar-refractivity contribution in [3.05, 3.63) is 83.5 Å². The maximum absolute atomic E-state index is 15.1. The molecule has 23 nitrogen and oxygen atoms in total. The minimum Gasteiger partial charge on any atom is -0.387 e. The Labute approximate surface area is 439 Å². The number of aliphatic hydroxyl groups excluding tert-OH is 4. The predicted molar refractivity (Wildman–Crippen MR) is 269 cm³/mol. The van der Waals surface area contributed by atoms with Gasteiger partial charge in [-0.05, 0) is 42.8 Å². The molecule has 2 aliphatic rings. The summed E-state index contributed by atoms with van der Waals surface area (Å²) in [7, 11) is -5.02. The number of halogens is 1. The molecule has 2 fully saturated rings. The summed E-state index contributed by atoms with van der Waals surface area (Å²) in [6, 6.07) is 15.4. The number of phosphoric ester groups is 1. The average Bonchev–Trinajstić information content (AvgIpc) is 4.19. The molecule has 1 aromatic carbocycles. The van der Waals surface area contributed by atoms with Gasteiger partial charge >= 0.3 is 7.82 Å². The predicted octanol–water partition coefficient (Wildman–Crippen LogP) is 5.57. The number of fused-ring (bicyclic) bond motifs is 2. The normalized spacial score (nSPS) is 24.0. The van der Waals surface area contributed by atoms with Crippen LogP contribution in [0.3, 0.4) is 0 Å². The molecule has 0 saturated carbocycles. The number of phosphoric acid groups is 1. The lowest BCUT2D eigenvalue weighted by molar-refractivity contribution is -0.0803. The van der Waals surface area contributed by atoms with Crippen molar-refractivity contribution in [2.75, 3.05) is 44.5 Å². The molecular weight excluding hydrogens is 1010 g/mol. The number of benzene rings is 1. The molecule has 76 heavy (non-hydrogen) atoms. The zero-order valence-corrected chi connectivity index (χ0v) is 43.3. The van der Waals surface area contributed by atoms with Gasteiger partial charge in [-0.3, -0.25) is 13.6 Å². The fourth-order valence-corrected chi connectivity index (χ4v) is 10.6. The lowest BCUT2D eigenvalue weighted by Crippen LogP contribution is -2.41. The number of anilines is 2. The fraction of sp³-hybridized carbons (Fsp3) is 0.588. The maximum Gasteiger partial charge on any atom is 0.475 e. The Hall–Kier alpha value is -5.75. The first-order valence-electron chi connectivity index (χ1n) is 25.7. The van der Waals surface area contributed by atoms with Gasteiger partial charge in [0.15, 0.2) is 11.6 Å². The number of rotatable bonds is 31. The molecule has 4 aromatic heterocycles. The monoisotopic (exact) mass is 1080 g/mol. The molecule has 7 rings (SSSR count). The average molecular weight is 1080 g/mol. The van der Waals surface area contributed by atoms with Crippen LogP contribution in [0.2, 0.25) is 0 Å². The number of nitriles is 3. The number of aromatic nitrogens is 6. The van der Waals surface area contributed by atoms with Gasteiger partial charge in [0.25, 0.3) is 0 Å². The first kappa shape index (κ1) is 57.9. The summed E-state index contributed by atoms with van der Waals surface area (Å²) in [5.41, 5.74) is 8.18. The molecule has 2 saturated heterocycles. The Morgan fingerprint density at radius 1 is 0.711 bits per heavy atom. The lowest BCUT2D eigenvalue weighted by atomic mass is 9.92. The van der Waals surface area contributed by atoms with Crippen LogP contribution in [0, 0.1) is 39.8 Å². The summed E-state index contributed by atoms with van der Waals surface area (Å²) in [4.78, 5) is 7.88. The van der Waals surface area contributed by atoms with Crippen molar-refractivity contribution in [1.29, 1.82) is 15.8 Å². The number of unbranched alkanes of at least 4 members (excludes halogenated alkanes) is 13. The quantitative estimate of drug-likeness (QED) is 0.0233. The van der Waals surface area contributed by atoms with Gasteiger partial charge < -0.3 is 50.8 Å². The molecule has 8 N–H and O–H groups in total. The van der Waals surface area contributed by atoms with Gasteiger partial charge in [-0.1, -0.05) is 96.5 Å². The fourth-order valence-electron chi connectivity index (χ4n) is 9.42. The Morgan fingerprint density at radius 2 is 1.20 bits per heavy atom. The van der Waals surface area contributed by atoms with E-state index in [0.29, 0.717) is 6.61 Å². The molecular formula is C51H67FN11O12P. The van der Waals surface area contributed by atoms with Gasteiger partial charge in [-0.25, -0.2) is 28.0 Å².